The molecule has 8 heteroatoms. The Morgan fingerprint density at radius 1 is 1.47 bits per heavy atom. The number of rotatable bonds is 3. The minimum Gasteiger partial charge on any atom is -0.397 e. The highest BCUT2D eigenvalue weighted by Crippen LogP contribution is 2.24. The summed E-state index contributed by atoms with van der Waals surface area (Å²) in [5.74, 6) is 0.591. The maximum absolute atomic E-state index is 11.4. The van der Waals surface area contributed by atoms with Crippen molar-refractivity contribution < 1.29 is 8.42 Å². The number of nitrogens with one attached hydrogen (secondary N) is 1. The van der Waals surface area contributed by atoms with Crippen molar-refractivity contribution >= 4 is 33.1 Å². The van der Waals surface area contributed by atoms with Gasteiger partial charge >= 0.3 is 0 Å². The number of nitrogens with zero attached hydrogens (tertiary/aromatic N) is 2. The quantitative estimate of drug-likeness (QED) is 0.874. The Morgan fingerprint density at radius 3 is 2.63 bits per heavy atom. The first kappa shape index (κ1) is 14.4. The molecule has 19 heavy (non-hydrogen) atoms. The van der Waals surface area contributed by atoms with Gasteiger partial charge in [-0.3, -0.25) is 0 Å². The van der Waals surface area contributed by atoms with Gasteiger partial charge in [-0.1, -0.05) is 11.6 Å². The van der Waals surface area contributed by atoms with Crippen molar-refractivity contribution in [3.8, 4) is 0 Å². The van der Waals surface area contributed by atoms with Crippen molar-refractivity contribution in [1.82, 2.24) is 9.29 Å². The van der Waals surface area contributed by atoms with Crippen molar-refractivity contribution in [3.05, 3.63) is 17.3 Å². The van der Waals surface area contributed by atoms with Gasteiger partial charge in [-0.05, 0) is 18.9 Å². The molecule has 0 aliphatic carbocycles. The van der Waals surface area contributed by atoms with Crippen LogP contribution in [0.2, 0.25) is 5.02 Å². The molecule has 1 aliphatic rings. The lowest BCUT2D eigenvalue weighted by Crippen LogP contribution is -2.41. The van der Waals surface area contributed by atoms with Gasteiger partial charge < -0.3 is 11.1 Å². The first-order valence-electron chi connectivity index (χ1n) is 5.99. The maximum atomic E-state index is 11.4. The topological polar surface area (TPSA) is 88.3 Å². The molecule has 1 saturated heterocycles. The molecule has 1 aromatic rings. The second kappa shape index (κ2) is 5.52. The molecule has 2 rings (SSSR count). The SMILES string of the molecule is CS(=O)(=O)N1CCC(Nc2ncc(N)cc2Cl)CC1. The summed E-state index contributed by atoms with van der Waals surface area (Å²) in [6, 6.07) is 1.81. The van der Waals surface area contributed by atoms with E-state index in [2.05, 4.69) is 10.3 Å². The van der Waals surface area contributed by atoms with Gasteiger partial charge in [-0.2, -0.15) is 0 Å². The predicted molar refractivity (Wildman–Crippen MR) is 76.7 cm³/mol. The molecule has 0 unspecified atom stereocenters. The molecular weight excluding hydrogens is 288 g/mol. The van der Waals surface area contributed by atoms with Gasteiger partial charge in [0, 0.05) is 19.1 Å². The summed E-state index contributed by atoms with van der Waals surface area (Å²) < 4.78 is 24.3. The van der Waals surface area contributed by atoms with E-state index in [1.165, 1.54) is 10.6 Å². The fourth-order valence-electron chi connectivity index (χ4n) is 2.08. The Labute approximate surface area is 118 Å². The van der Waals surface area contributed by atoms with Gasteiger partial charge in [-0.25, -0.2) is 17.7 Å². The number of hydrogen-bond donors (Lipinski definition) is 2. The summed E-state index contributed by atoms with van der Waals surface area (Å²) in [6.45, 7) is 1.03. The summed E-state index contributed by atoms with van der Waals surface area (Å²) in [5.41, 5.74) is 6.09. The van der Waals surface area contributed by atoms with Gasteiger partial charge in [0.1, 0.15) is 5.82 Å². The van der Waals surface area contributed by atoms with Crippen LogP contribution < -0.4 is 11.1 Å². The van der Waals surface area contributed by atoms with E-state index in [0.29, 0.717) is 29.6 Å². The van der Waals surface area contributed by atoms with E-state index in [0.717, 1.165) is 12.8 Å². The zero-order chi connectivity index (χ0) is 14.0. The molecule has 0 saturated carbocycles. The van der Waals surface area contributed by atoms with Crippen LogP contribution in [0.3, 0.4) is 0 Å². The Bertz CT molecular complexity index is 556. The highest BCUT2D eigenvalue weighted by atomic mass is 35.5. The molecule has 0 spiro atoms. The minimum absolute atomic E-state index is 0.173. The summed E-state index contributed by atoms with van der Waals surface area (Å²) in [7, 11) is -3.09. The molecule has 3 N–H and O–H groups in total. The van der Waals surface area contributed by atoms with Gasteiger partial charge in [0.15, 0.2) is 0 Å². The van der Waals surface area contributed by atoms with E-state index in [9.17, 15) is 8.42 Å². The number of nitrogens with two attached hydrogens (primary N) is 1. The lowest BCUT2D eigenvalue weighted by atomic mass is 10.1. The molecular formula is C11H17ClN4O2S. The average Bonchev–Trinajstić information content (AvgIpc) is 2.32. The molecule has 6 nitrogen and oxygen atoms in total. The normalized spacial score (nSPS) is 18.4. The zero-order valence-electron chi connectivity index (χ0n) is 10.6. The van der Waals surface area contributed by atoms with Crippen LogP contribution in [0.1, 0.15) is 12.8 Å². The number of aromatic nitrogens is 1. The number of pyridine rings is 1. The lowest BCUT2D eigenvalue weighted by molar-refractivity contribution is 0.331. The number of halogens is 1. The average molecular weight is 305 g/mol. The van der Waals surface area contributed by atoms with Crippen molar-refractivity contribution in [2.75, 3.05) is 30.4 Å². The van der Waals surface area contributed by atoms with E-state index >= 15 is 0 Å². The zero-order valence-corrected chi connectivity index (χ0v) is 12.2. The van der Waals surface area contributed by atoms with E-state index < -0.39 is 10.0 Å². The lowest BCUT2D eigenvalue weighted by Gasteiger charge is -2.31. The number of nitrogen functional groups attached to an aromatic ring is 1. The Kier molecular flexibility index (Phi) is 4.17. The van der Waals surface area contributed by atoms with Crippen molar-refractivity contribution in [3.63, 3.8) is 0 Å². The minimum atomic E-state index is -3.09. The molecule has 2 heterocycles. The molecule has 0 atom stereocenters. The molecule has 1 aliphatic heterocycles. The highest BCUT2D eigenvalue weighted by Gasteiger charge is 2.25. The smallest absolute Gasteiger partial charge is 0.211 e. The molecule has 0 amide bonds. The Morgan fingerprint density at radius 2 is 2.11 bits per heavy atom. The van der Waals surface area contributed by atoms with E-state index in [1.54, 1.807) is 12.3 Å². The highest BCUT2D eigenvalue weighted by molar-refractivity contribution is 7.88. The summed E-state index contributed by atoms with van der Waals surface area (Å²) in [5, 5.41) is 3.71. The molecule has 0 radical (unpaired) electrons. The number of hydrogen-bond acceptors (Lipinski definition) is 5. The number of anilines is 2. The van der Waals surface area contributed by atoms with E-state index in [1.807, 2.05) is 0 Å². The summed E-state index contributed by atoms with van der Waals surface area (Å²) in [6.07, 6.45) is 4.24. The second-order valence-electron chi connectivity index (χ2n) is 4.68. The molecule has 106 valence electrons. The number of sulfonamides is 1. The van der Waals surface area contributed by atoms with Crippen LogP contribution in [0.25, 0.3) is 0 Å². The van der Waals surface area contributed by atoms with Crippen LogP contribution in [-0.2, 0) is 10.0 Å². The standard InChI is InChI=1S/C11H17ClN4O2S/c1-19(17,18)16-4-2-9(3-5-16)15-11-10(12)6-8(13)7-14-11/h6-7,9H,2-5,13H2,1H3,(H,14,15). The van der Waals surface area contributed by atoms with Crippen molar-refractivity contribution in [2.45, 2.75) is 18.9 Å². The monoisotopic (exact) mass is 304 g/mol. The summed E-state index contributed by atoms with van der Waals surface area (Å²) >= 11 is 6.04. The van der Waals surface area contributed by atoms with Gasteiger partial charge in [0.25, 0.3) is 0 Å². The number of piperidine rings is 1. The van der Waals surface area contributed by atoms with Gasteiger partial charge in [0.05, 0.1) is 23.2 Å². The Balaban J connectivity index is 1.96. The fourth-order valence-corrected chi connectivity index (χ4v) is 3.19. The van der Waals surface area contributed by atoms with Crippen molar-refractivity contribution in [1.29, 1.82) is 0 Å². The van der Waals surface area contributed by atoms with Crippen LogP contribution in [-0.4, -0.2) is 43.1 Å². The van der Waals surface area contributed by atoms with E-state index in [4.69, 9.17) is 17.3 Å². The third-order valence-corrected chi connectivity index (χ3v) is 4.72. The third-order valence-electron chi connectivity index (χ3n) is 3.13. The first-order chi connectivity index (χ1) is 8.86. The Hall–Kier alpha value is -1.05. The second-order valence-corrected chi connectivity index (χ2v) is 7.07. The van der Waals surface area contributed by atoms with Crippen LogP contribution in [0.4, 0.5) is 11.5 Å². The van der Waals surface area contributed by atoms with Crippen LogP contribution >= 0.6 is 11.6 Å². The van der Waals surface area contributed by atoms with E-state index in [-0.39, 0.29) is 6.04 Å². The molecule has 1 fully saturated rings. The fraction of sp³-hybridized carbons (Fsp3) is 0.545. The van der Waals surface area contributed by atoms with Crippen LogP contribution in [0.15, 0.2) is 12.3 Å². The van der Waals surface area contributed by atoms with Crippen LogP contribution in [0.5, 0.6) is 0 Å². The summed E-state index contributed by atoms with van der Waals surface area (Å²) in [4.78, 5) is 4.14. The van der Waals surface area contributed by atoms with Gasteiger partial charge in [-0.15, -0.1) is 0 Å². The maximum Gasteiger partial charge on any atom is 0.211 e. The molecule has 1 aromatic heterocycles. The largest absolute Gasteiger partial charge is 0.397 e. The molecule has 0 aromatic carbocycles. The molecule has 0 bridgehead atoms. The third kappa shape index (κ3) is 3.71. The predicted octanol–water partition coefficient (Wildman–Crippen LogP) is 1.15. The van der Waals surface area contributed by atoms with Crippen LogP contribution in [0, 0.1) is 0 Å². The first-order valence-corrected chi connectivity index (χ1v) is 8.21. The van der Waals surface area contributed by atoms with Gasteiger partial charge in [0.2, 0.25) is 10.0 Å². The van der Waals surface area contributed by atoms with Crippen molar-refractivity contribution in [2.24, 2.45) is 0 Å².